The summed E-state index contributed by atoms with van der Waals surface area (Å²) in [5, 5.41) is 24.0. The second-order valence-electron chi connectivity index (χ2n) is 5.31. The summed E-state index contributed by atoms with van der Waals surface area (Å²) in [6.07, 6.45) is -0.569. The van der Waals surface area contributed by atoms with Gasteiger partial charge in [-0.2, -0.15) is 0 Å². The van der Waals surface area contributed by atoms with Crippen LogP contribution in [-0.2, 0) is 10.4 Å². The normalized spacial score (nSPS) is 19.3. The predicted octanol–water partition coefficient (Wildman–Crippen LogP) is 1.91. The van der Waals surface area contributed by atoms with E-state index in [0.717, 1.165) is 6.07 Å². The number of anilines is 1. The molecule has 2 N–H and O–H groups in total. The highest BCUT2D eigenvalue weighted by atomic mass is 16.6. The maximum atomic E-state index is 12.2. The molecule has 8 nitrogen and oxygen atoms in total. The minimum atomic E-state index is -2.17. The summed E-state index contributed by atoms with van der Waals surface area (Å²) in [5.41, 5.74) is -2.20. The van der Waals surface area contributed by atoms with Crippen molar-refractivity contribution in [2.24, 2.45) is 0 Å². The standard InChI is InChI=1S/C15H12N2O6/c1-8-2-5-13(23-8)12(18)7-15(20)10-6-9(17(21)22)3-4-11(10)16-14(15)19/h2-6,20H,7H2,1H3,(H,16,19). The fraction of sp³-hybridized carbons (Fsp3) is 0.200. The van der Waals surface area contributed by atoms with Crippen molar-refractivity contribution >= 4 is 23.1 Å². The van der Waals surface area contributed by atoms with Gasteiger partial charge in [0.15, 0.2) is 11.4 Å². The number of non-ortho nitro benzene ring substituents is 1. The van der Waals surface area contributed by atoms with Gasteiger partial charge in [-0.1, -0.05) is 0 Å². The molecular weight excluding hydrogens is 304 g/mol. The van der Waals surface area contributed by atoms with E-state index < -0.39 is 28.6 Å². The maximum Gasteiger partial charge on any atom is 0.269 e. The monoisotopic (exact) mass is 316 g/mol. The van der Waals surface area contributed by atoms with Gasteiger partial charge in [-0.3, -0.25) is 19.7 Å². The van der Waals surface area contributed by atoms with E-state index >= 15 is 0 Å². The number of rotatable bonds is 4. The van der Waals surface area contributed by atoms with Gasteiger partial charge in [0.25, 0.3) is 11.6 Å². The number of carbonyl (C=O) groups is 2. The number of furan rings is 1. The van der Waals surface area contributed by atoms with Crippen molar-refractivity contribution < 1.29 is 24.0 Å². The van der Waals surface area contributed by atoms with Gasteiger partial charge < -0.3 is 14.8 Å². The molecule has 1 unspecified atom stereocenters. The zero-order chi connectivity index (χ0) is 16.8. The summed E-state index contributed by atoms with van der Waals surface area (Å²) in [6, 6.07) is 6.66. The van der Waals surface area contributed by atoms with Crippen molar-refractivity contribution in [1.29, 1.82) is 0 Å². The second-order valence-corrected chi connectivity index (χ2v) is 5.31. The van der Waals surface area contributed by atoms with E-state index in [1.54, 1.807) is 13.0 Å². The Balaban J connectivity index is 1.98. The van der Waals surface area contributed by atoms with E-state index in [1.807, 2.05) is 0 Å². The van der Waals surface area contributed by atoms with Crippen molar-refractivity contribution in [3.05, 3.63) is 57.5 Å². The first-order chi connectivity index (χ1) is 10.8. The third-order valence-electron chi connectivity index (χ3n) is 3.71. The second kappa shape index (κ2) is 5.03. The Morgan fingerprint density at radius 2 is 2.13 bits per heavy atom. The van der Waals surface area contributed by atoms with E-state index in [1.165, 1.54) is 18.2 Å². The largest absolute Gasteiger partial charge is 0.458 e. The molecule has 1 aliphatic rings. The van der Waals surface area contributed by atoms with E-state index in [2.05, 4.69) is 5.32 Å². The summed E-state index contributed by atoms with van der Waals surface area (Å²) in [6.45, 7) is 1.66. The van der Waals surface area contributed by atoms with Crippen molar-refractivity contribution in [3.63, 3.8) is 0 Å². The van der Waals surface area contributed by atoms with Gasteiger partial charge in [0.05, 0.1) is 11.3 Å². The van der Waals surface area contributed by atoms with Gasteiger partial charge in [-0.15, -0.1) is 0 Å². The number of nitro benzene ring substituents is 1. The molecule has 118 valence electrons. The van der Waals surface area contributed by atoms with Crippen LogP contribution in [-0.4, -0.2) is 21.7 Å². The van der Waals surface area contributed by atoms with Crippen molar-refractivity contribution in [2.45, 2.75) is 18.9 Å². The Morgan fingerprint density at radius 3 is 2.74 bits per heavy atom. The van der Waals surface area contributed by atoms with Crippen LogP contribution in [0.15, 0.2) is 34.7 Å². The van der Waals surface area contributed by atoms with E-state index in [4.69, 9.17) is 4.42 Å². The molecule has 0 radical (unpaired) electrons. The third-order valence-corrected chi connectivity index (χ3v) is 3.71. The highest BCUT2D eigenvalue weighted by molar-refractivity contribution is 6.09. The number of hydrogen-bond donors (Lipinski definition) is 2. The molecule has 0 saturated heterocycles. The van der Waals surface area contributed by atoms with Gasteiger partial charge in [-0.25, -0.2) is 0 Å². The maximum absolute atomic E-state index is 12.2. The molecule has 1 aromatic carbocycles. The van der Waals surface area contributed by atoms with Crippen molar-refractivity contribution in [3.8, 4) is 0 Å². The molecule has 8 heteroatoms. The molecule has 0 aliphatic carbocycles. The SMILES string of the molecule is Cc1ccc(C(=O)CC2(O)C(=O)Nc3ccc([N+](=O)[O-])cc32)o1. The highest BCUT2D eigenvalue weighted by Crippen LogP contribution is 2.40. The topological polar surface area (TPSA) is 123 Å². The molecule has 1 aromatic heterocycles. The fourth-order valence-electron chi connectivity index (χ4n) is 2.52. The first-order valence-electron chi connectivity index (χ1n) is 6.73. The number of amides is 1. The quantitative estimate of drug-likeness (QED) is 0.504. The van der Waals surface area contributed by atoms with Gasteiger partial charge in [0.2, 0.25) is 5.78 Å². The zero-order valence-corrected chi connectivity index (χ0v) is 12.0. The summed E-state index contributed by atoms with van der Waals surface area (Å²) >= 11 is 0. The molecule has 2 heterocycles. The van der Waals surface area contributed by atoms with Crippen LogP contribution in [0.25, 0.3) is 0 Å². The molecule has 0 saturated carbocycles. The van der Waals surface area contributed by atoms with Gasteiger partial charge in [-0.05, 0) is 25.1 Å². The number of nitrogens with one attached hydrogen (secondary N) is 1. The number of Topliss-reactive ketones (excluding diaryl/α,β-unsaturated/α-hetero) is 1. The molecule has 0 bridgehead atoms. The number of benzene rings is 1. The Kier molecular flexibility index (Phi) is 3.26. The van der Waals surface area contributed by atoms with Gasteiger partial charge >= 0.3 is 0 Å². The van der Waals surface area contributed by atoms with Crippen LogP contribution in [0, 0.1) is 17.0 Å². The number of aliphatic hydroxyl groups is 1. The first kappa shape index (κ1) is 14.9. The fourth-order valence-corrected chi connectivity index (χ4v) is 2.52. The molecule has 23 heavy (non-hydrogen) atoms. The molecule has 1 atom stereocenters. The minimum absolute atomic E-state index is 0.00771. The average molecular weight is 316 g/mol. The van der Waals surface area contributed by atoms with Crippen LogP contribution in [0.3, 0.4) is 0 Å². The summed E-state index contributed by atoms with van der Waals surface area (Å²) in [4.78, 5) is 34.6. The number of fused-ring (bicyclic) bond motifs is 1. The van der Waals surface area contributed by atoms with Crippen LogP contribution in [0.4, 0.5) is 11.4 Å². The Labute approximate surface area is 129 Å². The number of aryl methyl sites for hydroxylation is 1. The zero-order valence-electron chi connectivity index (χ0n) is 12.0. The summed E-state index contributed by atoms with van der Waals surface area (Å²) < 4.78 is 5.19. The Bertz CT molecular complexity index is 840. The lowest BCUT2D eigenvalue weighted by atomic mass is 9.89. The average Bonchev–Trinajstić information content (AvgIpc) is 3.02. The van der Waals surface area contributed by atoms with Gasteiger partial charge in [0, 0.05) is 23.4 Å². The minimum Gasteiger partial charge on any atom is -0.458 e. The summed E-state index contributed by atoms with van der Waals surface area (Å²) in [7, 11) is 0. The molecule has 2 aromatic rings. The number of ketones is 1. The number of nitro groups is 1. The predicted molar refractivity (Wildman–Crippen MR) is 78.0 cm³/mol. The van der Waals surface area contributed by atoms with Crippen LogP contribution in [0.5, 0.6) is 0 Å². The van der Waals surface area contributed by atoms with Crippen LogP contribution < -0.4 is 5.32 Å². The molecular formula is C15H12N2O6. The Hall–Kier alpha value is -3.00. The first-order valence-corrected chi connectivity index (χ1v) is 6.73. The lowest BCUT2D eigenvalue weighted by Crippen LogP contribution is -2.36. The van der Waals surface area contributed by atoms with E-state index in [0.29, 0.717) is 5.76 Å². The third kappa shape index (κ3) is 2.38. The molecule has 1 aliphatic heterocycles. The van der Waals surface area contributed by atoms with Crippen molar-refractivity contribution in [2.75, 3.05) is 5.32 Å². The highest BCUT2D eigenvalue weighted by Gasteiger charge is 2.48. The molecule has 0 spiro atoms. The summed E-state index contributed by atoms with van der Waals surface area (Å²) in [5.74, 6) is -0.838. The number of hydrogen-bond acceptors (Lipinski definition) is 6. The van der Waals surface area contributed by atoms with Crippen LogP contribution in [0.2, 0.25) is 0 Å². The lowest BCUT2D eigenvalue weighted by molar-refractivity contribution is -0.385. The van der Waals surface area contributed by atoms with Crippen LogP contribution >= 0.6 is 0 Å². The molecule has 3 rings (SSSR count). The molecule has 1 amide bonds. The van der Waals surface area contributed by atoms with E-state index in [9.17, 15) is 24.8 Å². The number of nitrogens with zero attached hydrogens (tertiary/aromatic N) is 1. The number of carbonyl (C=O) groups excluding carboxylic acids is 2. The smallest absolute Gasteiger partial charge is 0.269 e. The van der Waals surface area contributed by atoms with Gasteiger partial charge in [0.1, 0.15) is 5.76 Å². The lowest BCUT2D eigenvalue weighted by Gasteiger charge is -2.19. The van der Waals surface area contributed by atoms with E-state index in [-0.39, 0.29) is 22.7 Å². The Morgan fingerprint density at radius 1 is 1.39 bits per heavy atom. The van der Waals surface area contributed by atoms with Crippen LogP contribution in [0.1, 0.15) is 28.3 Å². The van der Waals surface area contributed by atoms with Crippen molar-refractivity contribution in [1.82, 2.24) is 0 Å². The molecule has 0 fully saturated rings.